The second-order valence-corrected chi connectivity index (χ2v) is 6.17. The Kier molecular flexibility index (Phi) is 3.85. The fourth-order valence-corrected chi connectivity index (χ4v) is 3.61. The van der Waals surface area contributed by atoms with E-state index in [-0.39, 0.29) is 5.54 Å². The van der Waals surface area contributed by atoms with Crippen molar-refractivity contribution in [2.45, 2.75) is 45.6 Å². The van der Waals surface area contributed by atoms with Crippen molar-refractivity contribution in [1.82, 2.24) is 9.88 Å². The summed E-state index contributed by atoms with van der Waals surface area (Å²) in [6.07, 6.45) is 3.09. The summed E-state index contributed by atoms with van der Waals surface area (Å²) in [5, 5.41) is 1.16. The van der Waals surface area contributed by atoms with Crippen LogP contribution in [0.4, 0.5) is 0 Å². The summed E-state index contributed by atoms with van der Waals surface area (Å²) in [4.78, 5) is 8.55. The minimum atomic E-state index is -0.172. The third-order valence-corrected chi connectivity index (χ3v) is 5.08. The summed E-state index contributed by atoms with van der Waals surface area (Å²) in [5.74, 6) is 0. The first-order valence-corrected chi connectivity index (χ1v) is 7.38. The number of hydrogen-bond donors (Lipinski definition) is 1. The van der Waals surface area contributed by atoms with Gasteiger partial charge in [0.15, 0.2) is 0 Å². The van der Waals surface area contributed by atoms with Gasteiger partial charge in [0.25, 0.3) is 0 Å². The molecule has 0 aromatic carbocycles. The van der Waals surface area contributed by atoms with E-state index in [1.54, 1.807) is 11.3 Å². The van der Waals surface area contributed by atoms with Gasteiger partial charge in [-0.25, -0.2) is 4.98 Å². The molecular formula is C13H23N3S. The van der Waals surface area contributed by atoms with Crippen LogP contribution in [0.3, 0.4) is 0 Å². The molecular weight excluding hydrogens is 230 g/mol. The minimum Gasteiger partial charge on any atom is -0.319 e. The Morgan fingerprint density at radius 1 is 1.35 bits per heavy atom. The third-order valence-electron chi connectivity index (χ3n) is 3.85. The SMILES string of the molecule is CCc1nc(C2(N)CCN(CC)CC2)sc1C. The van der Waals surface area contributed by atoms with Crippen LogP contribution in [0.2, 0.25) is 0 Å². The van der Waals surface area contributed by atoms with Gasteiger partial charge in [-0.3, -0.25) is 0 Å². The number of likely N-dealkylation sites (tertiary alicyclic amines) is 1. The van der Waals surface area contributed by atoms with Crippen molar-refractivity contribution in [3.05, 3.63) is 15.6 Å². The van der Waals surface area contributed by atoms with Crippen LogP contribution in [-0.4, -0.2) is 29.5 Å². The molecule has 0 amide bonds. The normalized spacial score (nSPS) is 20.7. The number of aromatic nitrogens is 1. The van der Waals surface area contributed by atoms with Crippen LogP contribution >= 0.6 is 11.3 Å². The van der Waals surface area contributed by atoms with E-state index in [1.807, 2.05) is 0 Å². The summed E-state index contributed by atoms with van der Waals surface area (Å²) < 4.78 is 0. The van der Waals surface area contributed by atoms with Crippen LogP contribution < -0.4 is 5.73 Å². The molecule has 2 rings (SSSR count). The number of aryl methyl sites for hydroxylation is 2. The Morgan fingerprint density at radius 3 is 2.47 bits per heavy atom. The second-order valence-electron chi connectivity index (χ2n) is 4.97. The molecule has 0 atom stereocenters. The maximum Gasteiger partial charge on any atom is 0.113 e. The molecule has 4 heteroatoms. The molecule has 1 aromatic heterocycles. The van der Waals surface area contributed by atoms with Gasteiger partial charge in [0.1, 0.15) is 5.01 Å². The molecule has 0 unspecified atom stereocenters. The second kappa shape index (κ2) is 5.04. The Balaban J connectivity index is 2.15. The Bertz CT molecular complexity index is 378. The zero-order valence-electron chi connectivity index (χ0n) is 11.1. The minimum absolute atomic E-state index is 0.172. The molecule has 0 bridgehead atoms. The number of thiazole rings is 1. The van der Waals surface area contributed by atoms with Gasteiger partial charge in [0, 0.05) is 18.0 Å². The van der Waals surface area contributed by atoms with Crippen molar-refractivity contribution in [3.63, 3.8) is 0 Å². The van der Waals surface area contributed by atoms with Crippen LogP contribution in [0, 0.1) is 6.92 Å². The highest BCUT2D eigenvalue weighted by Crippen LogP contribution is 2.34. The molecule has 0 aliphatic carbocycles. The first-order valence-electron chi connectivity index (χ1n) is 6.57. The predicted octanol–water partition coefficient (Wildman–Crippen LogP) is 2.28. The van der Waals surface area contributed by atoms with Gasteiger partial charge in [0.2, 0.25) is 0 Å². The number of piperidine rings is 1. The monoisotopic (exact) mass is 253 g/mol. The van der Waals surface area contributed by atoms with Gasteiger partial charge in [-0.05, 0) is 32.7 Å². The van der Waals surface area contributed by atoms with E-state index >= 15 is 0 Å². The lowest BCUT2D eigenvalue weighted by molar-refractivity contribution is 0.168. The van der Waals surface area contributed by atoms with E-state index in [2.05, 4.69) is 25.7 Å². The van der Waals surface area contributed by atoms with Gasteiger partial charge in [-0.1, -0.05) is 13.8 Å². The Hall–Kier alpha value is -0.450. The van der Waals surface area contributed by atoms with Crippen molar-refractivity contribution in [2.75, 3.05) is 19.6 Å². The van der Waals surface area contributed by atoms with E-state index < -0.39 is 0 Å². The average molecular weight is 253 g/mol. The molecule has 1 aliphatic heterocycles. The lowest BCUT2D eigenvalue weighted by atomic mass is 9.89. The molecule has 1 fully saturated rings. The van der Waals surface area contributed by atoms with Gasteiger partial charge in [0.05, 0.1) is 11.2 Å². The standard InChI is InChI=1S/C13H23N3S/c1-4-11-10(3)17-12(15-11)13(14)6-8-16(5-2)9-7-13/h4-9,14H2,1-3H3. The van der Waals surface area contributed by atoms with Crippen molar-refractivity contribution >= 4 is 11.3 Å². The average Bonchev–Trinajstić information content (AvgIpc) is 2.72. The molecule has 0 radical (unpaired) electrons. The maximum atomic E-state index is 6.56. The molecule has 1 aromatic rings. The first-order chi connectivity index (χ1) is 8.09. The summed E-state index contributed by atoms with van der Waals surface area (Å²) in [6, 6.07) is 0. The van der Waals surface area contributed by atoms with E-state index in [1.165, 1.54) is 10.6 Å². The fourth-order valence-electron chi connectivity index (χ4n) is 2.45. The molecule has 96 valence electrons. The molecule has 3 nitrogen and oxygen atoms in total. The van der Waals surface area contributed by atoms with Crippen LogP contribution in [0.5, 0.6) is 0 Å². The van der Waals surface area contributed by atoms with E-state index in [0.717, 1.165) is 43.9 Å². The van der Waals surface area contributed by atoms with E-state index in [4.69, 9.17) is 10.7 Å². The topological polar surface area (TPSA) is 42.1 Å². The van der Waals surface area contributed by atoms with Gasteiger partial charge in [-0.2, -0.15) is 0 Å². The van der Waals surface area contributed by atoms with Gasteiger partial charge in [-0.15, -0.1) is 11.3 Å². The van der Waals surface area contributed by atoms with Crippen molar-refractivity contribution in [1.29, 1.82) is 0 Å². The van der Waals surface area contributed by atoms with Crippen LogP contribution in [0.1, 0.15) is 42.3 Å². The molecule has 1 saturated heterocycles. The predicted molar refractivity (Wildman–Crippen MR) is 73.4 cm³/mol. The first kappa shape index (κ1) is 13.0. The summed E-state index contributed by atoms with van der Waals surface area (Å²) in [7, 11) is 0. The Labute approximate surface area is 108 Å². The maximum absolute atomic E-state index is 6.56. The largest absolute Gasteiger partial charge is 0.319 e. The highest BCUT2D eigenvalue weighted by Gasteiger charge is 2.34. The number of hydrogen-bond acceptors (Lipinski definition) is 4. The number of nitrogens with zero attached hydrogens (tertiary/aromatic N) is 2. The smallest absolute Gasteiger partial charge is 0.113 e. The lowest BCUT2D eigenvalue weighted by Gasteiger charge is -2.37. The summed E-state index contributed by atoms with van der Waals surface area (Å²) in [5.41, 5.74) is 7.61. The van der Waals surface area contributed by atoms with Crippen molar-refractivity contribution in [2.24, 2.45) is 5.73 Å². The molecule has 1 aliphatic rings. The van der Waals surface area contributed by atoms with Crippen LogP contribution in [0.25, 0.3) is 0 Å². The molecule has 2 heterocycles. The highest BCUT2D eigenvalue weighted by molar-refractivity contribution is 7.11. The quantitative estimate of drug-likeness (QED) is 0.898. The van der Waals surface area contributed by atoms with Gasteiger partial charge >= 0.3 is 0 Å². The Morgan fingerprint density at radius 2 is 2.00 bits per heavy atom. The highest BCUT2D eigenvalue weighted by atomic mass is 32.1. The summed E-state index contributed by atoms with van der Waals surface area (Å²) in [6.45, 7) is 9.87. The van der Waals surface area contributed by atoms with Crippen LogP contribution in [0.15, 0.2) is 0 Å². The van der Waals surface area contributed by atoms with Gasteiger partial charge < -0.3 is 10.6 Å². The molecule has 0 spiro atoms. The fraction of sp³-hybridized carbons (Fsp3) is 0.769. The lowest BCUT2D eigenvalue weighted by Crippen LogP contribution is -2.48. The van der Waals surface area contributed by atoms with Crippen molar-refractivity contribution < 1.29 is 0 Å². The zero-order chi connectivity index (χ0) is 12.5. The summed E-state index contributed by atoms with van der Waals surface area (Å²) >= 11 is 1.80. The third kappa shape index (κ3) is 2.54. The molecule has 0 saturated carbocycles. The molecule has 17 heavy (non-hydrogen) atoms. The zero-order valence-corrected chi connectivity index (χ0v) is 11.9. The van der Waals surface area contributed by atoms with E-state index in [0.29, 0.717) is 0 Å². The number of nitrogens with two attached hydrogens (primary N) is 1. The number of rotatable bonds is 3. The van der Waals surface area contributed by atoms with E-state index in [9.17, 15) is 0 Å². The van der Waals surface area contributed by atoms with Crippen molar-refractivity contribution in [3.8, 4) is 0 Å². The van der Waals surface area contributed by atoms with Crippen LogP contribution in [-0.2, 0) is 12.0 Å². The molecule has 2 N–H and O–H groups in total.